The monoisotopic (exact) mass is 471 g/mol. The second-order valence-electron chi connectivity index (χ2n) is 8.03. The summed E-state index contributed by atoms with van der Waals surface area (Å²) >= 11 is 6.25. The van der Waals surface area contributed by atoms with Gasteiger partial charge in [-0.15, -0.1) is 0 Å². The molecular weight excluding hydrogens is 446 g/mol. The van der Waals surface area contributed by atoms with Crippen LogP contribution < -0.4 is 10.1 Å². The van der Waals surface area contributed by atoms with Gasteiger partial charge in [-0.05, 0) is 39.2 Å². The molecular formula is C22H26ClN7O3. The molecule has 3 aromatic heterocycles. The number of nitrogens with one attached hydrogen (secondary N) is 2. The molecule has 10 nitrogen and oxygen atoms in total. The Kier molecular flexibility index (Phi) is 6.77. The first-order valence-electron chi connectivity index (χ1n) is 10.5. The van der Waals surface area contributed by atoms with Gasteiger partial charge in [0.15, 0.2) is 16.9 Å². The summed E-state index contributed by atoms with van der Waals surface area (Å²) < 4.78 is 12.4. The van der Waals surface area contributed by atoms with Crippen LogP contribution in [0, 0.1) is 0 Å². The SMILES string of the molecule is COC[C@H](C)NC(=O)Oc1c[nH]c2ncc(-c3nn(CCN(C)C)c4cc(Cl)ccc34)nc12. The summed E-state index contributed by atoms with van der Waals surface area (Å²) in [7, 11) is 5.59. The summed E-state index contributed by atoms with van der Waals surface area (Å²) in [5.74, 6) is 0.279. The van der Waals surface area contributed by atoms with Crippen LogP contribution in [0.3, 0.4) is 0 Å². The minimum Gasteiger partial charge on any atom is -0.406 e. The molecule has 4 aromatic rings. The fraction of sp³-hybridized carbons (Fsp3) is 0.364. The minimum atomic E-state index is -0.597. The topological polar surface area (TPSA) is 110 Å². The Labute approximate surface area is 195 Å². The fourth-order valence-corrected chi connectivity index (χ4v) is 3.65. The molecule has 0 aliphatic carbocycles. The normalized spacial score (nSPS) is 12.5. The van der Waals surface area contributed by atoms with Crippen LogP contribution in [-0.2, 0) is 11.3 Å². The molecule has 0 aliphatic rings. The number of benzene rings is 1. The number of hydrogen-bond acceptors (Lipinski definition) is 7. The van der Waals surface area contributed by atoms with E-state index in [9.17, 15) is 4.79 Å². The first kappa shape index (κ1) is 23.0. The van der Waals surface area contributed by atoms with Gasteiger partial charge < -0.3 is 24.7 Å². The number of hydrogen-bond donors (Lipinski definition) is 2. The van der Waals surface area contributed by atoms with Gasteiger partial charge >= 0.3 is 6.09 Å². The van der Waals surface area contributed by atoms with Crippen LogP contribution in [0.2, 0.25) is 5.02 Å². The fourth-order valence-electron chi connectivity index (χ4n) is 3.48. The van der Waals surface area contributed by atoms with Crippen molar-refractivity contribution in [1.29, 1.82) is 0 Å². The van der Waals surface area contributed by atoms with E-state index in [1.165, 1.54) is 0 Å². The maximum absolute atomic E-state index is 12.2. The Bertz CT molecular complexity index is 1280. The van der Waals surface area contributed by atoms with E-state index in [-0.39, 0.29) is 11.8 Å². The third-order valence-electron chi connectivity index (χ3n) is 5.04. The molecule has 11 heteroatoms. The zero-order valence-corrected chi connectivity index (χ0v) is 19.7. The number of carbonyl (C=O) groups excluding carboxylic acids is 1. The highest BCUT2D eigenvalue weighted by Crippen LogP contribution is 2.31. The van der Waals surface area contributed by atoms with Crippen LogP contribution >= 0.6 is 11.6 Å². The Morgan fingerprint density at radius 3 is 2.94 bits per heavy atom. The quantitative estimate of drug-likeness (QED) is 0.405. The Morgan fingerprint density at radius 2 is 2.18 bits per heavy atom. The first-order valence-corrected chi connectivity index (χ1v) is 10.9. The standard InChI is InChI=1S/C22H26ClN7O3/c1-13(12-32-4)26-22(31)33-18-11-25-21-20(18)27-16(10-24-21)19-15-6-5-14(23)9-17(15)30(28-19)8-7-29(2)3/h5-6,9-11,13H,7-8,12H2,1-4H3,(H,24,25)(H,26,31)/t13-/m0/s1. The molecule has 0 unspecified atom stereocenters. The summed E-state index contributed by atoms with van der Waals surface area (Å²) in [6, 6.07) is 5.45. The number of fused-ring (bicyclic) bond motifs is 2. The number of likely N-dealkylation sites (N-methyl/N-ethyl adjacent to an activating group) is 1. The van der Waals surface area contributed by atoms with E-state index in [0.717, 1.165) is 17.4 Å². The third kappa shape index (κ3) is 5.08. The molecule has 2 N–H and O–H groups in total. The van der Waals surface area contributed by atoms with Gasteiger partial charge in [0, 0.05) is 30.3 Å². The van der Waals surface area contributed by atoms with Crippen molar-refractivity contribution in [2.75, 3.05) is 34.4 Å². The van der Waals surface area contributed by atoms with Gasteiger partial charge in [0.2, 0.25) is 0 Å². The average Bonchev–Trinajstić information content (AvgIpc) is 3.33. The molecule has 174 valence electrons. The van der Waals surface area contributed by atoms with E-state index < -0.39 is 6.09 Å². The highest BCUT2D eigenvalue weighted by Gasteiger charge is 2.18. The van der Waals surface area contributed by atoms with E-state index in [0.29, 0.717) is 40.7 Å². The molecule has 0 saturated heterocycles. The largest absolute Gasteiger partial charge is 0.413 e. The molecule has 0 fully saturated rings. The van der Waals surface area contributed by atoms with Gasteiger partial charge in [-0.2, -0.15) is 5.10 Å². The van der Waals surface area contributed by atoms with E-state index in [1.807, 2.05) is 43.9 Å². The molecule has 0 aliphatic heterocycles. The number of aromatic amines is 1. The molecule has 33 heavy (non-hydrogen) atoms. The van der Waals surface area contributed by atoms with Crippen LogP contribution in [0.15, 0.2) is 30.6 Å². The van der Waals surface area contributed by atoms with Crippen LogP contribution in [-0.4, -0.2) is 76.1 Å². The lowest BCUT2D eigenvalue weighted by Crippen LogP contribution is -2.37. The lowest BCUT2D eigenvalue weighted by Gasteiger charge is -2.12. The number of nitrogens with zero attached hydrogens (tertiary/aromatic N) is 5. The lowest BCUT2D eigenvalue weighted by molar-refractivity contribution is 0.159. The average molecular weight is 472 g/mol. The van der Waals surface area contributed by atoms with Crippen LogP contribution in [0.25, 0.3) is 33.5 Å². The summed E-state index contributed by atoms with van der Waals surface area (Å²) in [6.07, 6.45) is 2.61. The van der Waals surface area contributed by atoms with Gasteiger partial charge in [-0.3, -0.25) is 4.68 Å². The molecule has 0 bridgehead atoms. The van der Waals surface area contributed by atoms with Gasteiger partial charge in [-0.1, -0.05) is 11.6 Å². The molecule has 0 radical (unpaired) electrons. The number of ether oxygens (including phenoxy) is 2. The van der Waals surface area contributed by atoms with E-state index in [4.69, 9.17) is 31.2 Å². The van der Waals surface area contributed by atoms with Crippen molar-refractivity contribution in [2.24, 2.45) is 0 Å². The van der Waals surface area contributed by atoms with Gasteiger partial charge in [-0.25, -0.2) is 14.8 Å². The molecule has 4 rings (SSSR count). The molecule has 1 amide bonds. The summed E-state index contributed by atoms with van der Waals surface area (Å²) in [5, 5.41) is 9.05. The molecule has 1 aromatic carbocycles. The van der Waals surface area contributed by atoms with E-state index in [1.54, 1.807) is 19.5 Å². The van der Waals surface area contributed by atoms with Crippen molar-refractivity contribution in [3.8, 4) is 17.1 Å². The second-order valence-corrected chi connectivity index (χ2v) is 8.47. The van der Waals surface area contributed by atoms with Crippen molar-refractivity contribution in [2.45, 2.75) is 19.5 Å². The van der Waals surface area contributed by atoms with E-state index >= 15 is 0 Å². The predicted octanol–water partition coefficient (Wildman–Crippen LogP) is 3.31. The zero-order chi connectivity index (χ0) is 23.5. The minimum absolute atomic E-state index is 0.196. The number of halogens is 1. The Morgan fingerprint density at radius 1 is 1.36 bits per heavy atom. The lowest BCUT2D eigenvalue weighted by atomic mass is 10.1. The second kappa shape index (κ2) is 9.74. The number of aromatic nitrogens is 5. The zero-order valence-electron chi connectivity index (χ0n) is 18.9. The van der Waals surface area contributed by atoms with Crippen molar-refractivity contribution in [3.63, 3.8) is 0 Å². The summed E-state index contributed by atoms with van der Waals surface area (Å²) in [6.45, 7) is 3.71. The third-order valence-corrected chi connectivity index (χ3v) is 5.28. The van der Waals surface area contributed by atoms with Gasteiger partial charge in [0.1, 0.15) is 11.4 Å². The van der Waals surface area contributed by atoms with Crippen LogP contribution in [0.1, 0.15) is 6.92 Å². The number of carbonyl (C=O) groups is 1. The summed E-state index contributed by atoms with van der Waals surface area (Å²) in [4.78, 5) is 26.5. The first-order chi connectivity index (χ1) is 15.9. The van der Waals surface area contributed by atoms with Gasteiger partial charge in [0.25, 0.3) is 0 Å². The van der Waals surface area contributed by atoms with E-state index in [2.05, 4.69) is 20.2 Å². The number of methoxy groups -OCH3 is 1. The van der Waals surface area contributed by atoms with Crippen LogP contribution in [0.5, 0.6) is 5.75 Å². The van der Waals surface area contributed by atoms with Crippen molar-refractivity contribution >= 4 is 39.8 Å². The molecule has 0 saturated carbocycles. The van der Waals surface area contributed by atoms with Crippen molar-refractivity contribution in [3.05, 3.63) is 35.6 Å². The predicted molar refractivity (Wildman–Crippen MR) is 127 cm³/mol. The molecule has 3 heterocycles. The highest BCUT2D eigenvalue weighted by molar-refractivity contribution is 6.31. The summed E-state index contributed by atoms with van der Waals surface area (Å²) in [5.41, 5.74) is 3.10. The maximum atomic E-state index is 12.2. The molecule has 1 atom stereocenters. The van der Waals surface area contributed by atoms with Crippen molar-refractivity contribution < 1.29 is 14.3 Å². The molecule has 0 spiro atoms. The number of amides is 1. The number of H-pyrrole nitrogens is 1. The highest BCUT2D eigenvalue weighted by atomic mass is 35.5. The maximum Gasteiger partial charge on any atom is 0.413 e. The smallest absolute Gasteiger partial charge is 0.406 e. The van der Waals surface area contributed by atoms with Crippen LogP contribution in [0.4, 0.5) is 4.79 Å². The Balaban J connectivity index is 1.69. The van der Waals surface area contributed by atoms with Gasteiger partial charge in [0.05, 0.1) is 30.9 Å². The number of rotatable bonds is 8. The van der Waals surface area contributed by atoms with Crippen molar-refractivity contribution in [1.82, 2.24) is 34.9 Å². The Hall–Kier alpha value is -3.21.